The summed E-state index contributed by atoms with van der Waals surface area (Å²) in [5.74, 6) is 0.169. The van der Waals surface area contributed by atoms with Crippen LogP contribution in [0.3, 0.4) is 0 Å². The lowest BCUT2D eigenvalue weighted by Crippen LogP contribution is -2.59. The van der Waals surface area contributed by atoms with Crippen LogP contribution in [0.15, 0.2) is 0 Å². The van der Waals surface area contributed by atoms with Crippen molar-refractivity contribution in [3.63, 3.8) is 0 Å². The third kappa shape index (κ3) is 2.27. The molecule has 0 bridgehead atoms. The summed E-state index contributed by atoms with van der Waals surface area (Å²) in [6.07, 6.45) is 1.92. The molecule has 3 fully saturated rings. The largest absolute Gasteiger partial charge is 0.353 e. The maximum atomic E-state index is 14.5. The first-order chi connectivity index (χ1) is 9.08. The molecule has 3 aliphatic heterocycles. The van der Waals surface area contributed by atoms with Gasteiger partial charge < -0.3 is 10.6 Å². The average Bonchev–Trinajstić information content (AvgIpc) is 2.46. The molecule has 7 atom stereocenters. The molecule has 6 unspecified atom stereocenters. The quantitative estimate of drug-likeness (QED) is 0.570. The van der Waals surface area contributed by atoms with Crippen molar-refractivity contribution in [2.45, 2.75) is 57.5 Å². The third-order valence-corrected chi connectivity index (χ3v) is 5.18. The zero-order valence-electron chi connectivity index (χ0n) is 11.7. The SMILES string of the molecule is CC1CC2NC(=O)[C@H](C)C3NCCCC3C2C(F)N1. The number of hydrogen-bond acceptors (Lipinski definition) is 3. The number of piperidine rings is 2. The van der Waals surface area contributed by atoms with Gasteiger partial charge in [-0.3, -0.25) is 10.1 Å². The predicted molar refractivity (Wildman–Crippen MR) is 71.2 cm³/mol. The minimum absolute atomic E-state index is 0.0175. The van der Waals surface area contributed by atoms with E-state index in [1.165, 1.54) is 0 Å². The minimum Gasteiger partial charge on any atom is -0.353 e. The minimum atomic E-state index is -1.01. The van der Waals surface area contributed by atoms with Crippen molar-refractivity contribution in [3.05, 3.63) is 0 Å². The highest BCUT2D eigenvalue weighted by molar-refractivity contribution is 5.80. The molecule has 3 N–H and O–H groups in total. The second-order valence-corrected chi connectivity index (χ2v) is 6.47. The van der Waals surface area contributed by atoms with E-state index in [4.69, 9.17) is 0 Å². The maximum absolute atomic E-state index is 14.5. The van der Waals surface area contributed by atoms with Crippen LogP contribution in [-0.2, 0) is 4.79 Å². The smallest absolute Gasteiger partial charge is 0.224 e. The molecule has 108 valence electrons. The number of nitrogens with one attached hydrogen (secondary N) is 3. The monoisotopic (exact) mass is 269 g/mol. The van der Waals surface area contributed by atoms with E-state index in [0.717, 1.165) is 25.8 Å². The molecule has 0 radical (unpaired) electrons. The van der Waals surface area contributed by atoms with Crippen molar-refractivity contribution in [3.8, 4) is 0 Å². The number of rotatable bonds is 0. The van der Waals surface area contributed by atoms with Crippen molar-refractivity contribution >= 4 is 5.91 Å². The van der Waals surface area contributed by atoms with E-state index in [1.54, 1.807) is 0 Å². The van der Waals surface area contributed by atoms with Crippen molar-refractivity contribution in [2.75, 3.05) is 6.54 Å². The molecular formula is C14H24FN3O. The van der Waals surface area contributed by atoms with Gasteiger partial charge in [0.1, 0.15) is 0 Å². The van der Waals surface area contributed by atoms with Gasteiger partial charge in [-0.05, 0) is 38.6 Å². The van der Waals surface area contributed by atoms with Gasteiger partial charge in [0.15, 0.2) is 6.30 Å². The number of fused-ring (bicyclic) bond motifs is 3. The van der Waals surface area contributed by atoms with Crippen LogP contribution in [0, 0.1) is 17.8 Å². The fourth-order valence-electron chi connectivity index (χ4n) is 4.26. The molecule has 3 heterocycles. The summed E-state index contributed by atoms with van der Waals surface area (Å²) in [4.78, 5) is 12.2. The van der Waals surface area contributed by atoms with Crippen LogP contribution in [0.1, 0.15) is 33.1 Å². The van der Waals surface area contributed by atoms with Crippen LogP contribution in [0.5, 0.6) is 0 Å². The van der Waals surface area contributed by atoms with Gasteiger partial charge in [-0.15, -0.1) is 0 Å². The fraction of sp³-hybridized carbons (Fsp3) is 0.929. The molecule has 0 aliphatic carbocycles. The van der Waals surface area contributed by atoms with Gasteiger partial charge in [-0.1, -0.05) is 6.92 Å². The Kier molecular flexibility index (Phi) is 3.52. The number of carbonyl (C=O) groups excluding carboxylic acids is 1. The standard InChI is InChI=1S/C14H24FN3O/c1-7-6-10-11(13(15)17-7)9-4-3-5-16-12(9)8(2)14(19)18-10/h7-13,16-17H,3-6H2,1-2H3,(H,18,19)/t7?,8-,9?,10?,11?,12?,13?/m1/s1. The summed E-state index contributed by atoms with van der Waals surface area (Å²) in [7, 11) is 0. The van der Waals surface area contributed by atoms with Crippen molar-refractivity contribution in [2.24, 2.45) is 17.8 Å². The average molecular weight is 269 g/mol. The van der Waals surface area contributed by atoms with Crippen molar-refractivity contribution < 1.29 is 9.18 Å². The Morgan fingerprint density at radius 3 is 2.89 bits per heavy atom. The lowest BCUT2D eigenvalue weighted by atomic mass is 9.71. The molecule has 3 saturated heterocycles. The van der Waals surface area contributed by atoms with Gasteiger partial charge in [0, 0.05) is 24.0 Å². The Balaban J connectivity index is 1.92. The van der Waals surface area contributed by atoms with E-state index in [2.05, 4.69) is 16.0 Å². The van der Waals surface area contributed by atoms with Crippen LogP contribution in [0.2, 0.25) is 0 Å². The summed E-state index contributed by atoms with van der Waals surface area (Å²) in [6, 6.07) is 0.230. The van der Waals surface area contributed by atoms with Crippen LogP contribution >= 0.6 is 0 Å². The third-order valence-electron chi connectivity index (χ3n) is 5.18. The zero-order chi connectivity index (χ0) is 13.6. The first kappa shape index (κ1) is 13.3. The summed E-state index contributed by atoms with van der Waals surface area (Å²) in [5, 5.41) is 9.56. The van der Waals surface area contributed by atoms with E-state index in [-0.39, 0.29) is 41.8 Å². The van der Waals surface area contributed by atoms with Gasteiger partial charge >= 0.3 is 0 Å². The second-order valence-electron chi connectivity index (χ2n) is 6.47. The summed E-state index contributed by atoms with van der Waals surface area (Å²) in [5.41, 5.74) is 0. The van der Waals surface area contributed by atoms with Crippen LogP contribution in [0.4, 0.5) is 4.39 Å². The Bertz CT molecular complexity index is 365. The van der Waals surface area contributed by atoms with Gasteiger partial charge in [0.25, 0.3) is 0 Å². The predicted octanol–water partition coefficient (Wildman–Crippen LogP) is 0.783. The molecule has 3 aliphatic rings. The molecule has 4 nitrogen and oxygen atoms in total. The zero-order valence-corrected chi connectivity index (χ0v) is 11.7. The van der Waals surface area contributed by atoms with E-state index < -0.39 is 6.30 Å². The van der Waals surface area contributed by atoms with Gasteiger partial charge in [0.2, 0.25) is 5.91 Å². The highest BCUT2D eigenvalue weighted by Gasteiger charge is 2.49. The summed E-state index contributed by atoms with van der Waals surface area (Å²) < 4.78 is 14.5. The van der Waals surface area contributed by atoms with Crippen LogP contribution in [0.25, 0.3) is 0 Å². The molecule has 3 rings (SSSR count). The topological polar surface area (TPSA) is 53.2 Å². The number of carbonyl (C=O) groups is 1. The summed E-state index contributed by atoms with van der Waals surface area (Å²) in [6.45, 7) is 4.89. The maximum Gasteiger partial charge on any atom is 0.224 e. The molecule has 0 spiro atoms. The molecule has 0 aromatic heterocycles. The van der Waals surface area contributed by atoms with Crippen LogP contribution < -0.4 is 16.0 Å². The van der Waals surface area contributed by atoms with E-state index in [1.807, 2.05) is 13.8 Å². The highest BCUT2D eigenvalue weighted by atomic mass is 19.1. The number of alkyl halides is 1. The Labute approximate surface area is 113 Å². The Hall–Kier alpha value is -0.680. The normalized spacial score (nSPS) is 50.7. The first-order valence-electron chi connectivity index (χ1n) is 7.52. The lowest BCUT2D eigenvalue weighted by molar-refractivity contribution is -0.125. The van der Waals surface area contributed by atoms with Gasteiger partial charge in [-0.2, -0.15) is 0 Å². The van der Waals surface area contributed by atoms with E-state index in [9.17, 15) is 9.18 Å². The molecule has 5 heteroatoms. The molecule has 19 heavy (non-hydrogen) atoms. The molecular weight excluding hydrogens is 245 g/mol. The van der Waals surface area contributed by atoms with E-state index in [0.29, 0.717) is 0 Å². The van der Waals surface area contributed by atoms with Gasteiger partial charge in [0.05, 0.1) is 5.92 Å². The number of halogens is 1. The van der Waals surface area contributed by atoms with E-state index >= 15 is 0 Å². The number of hydrogen-bond donors (Lipinski definition) is 3. The molecule has 0 aromatic rings. The molecule has 0 aromatic carbocycles. The lowest BCUT2D eigenvalue weighted by Gasteiger charge is -2.44. The van der Waals surface area contributed by atoms with Gasteiger partial charge in [-0.25, -0.2) is 4.39 Å². The highest BCUT2D eigenvalue weighted by Crippen LogP contribution is 2.39. The molecule has 0 saturated carbocycles. The number of amides is 1. The summed E-state index contributed by atoms with van der Waals surface area (Å²) >= 11 is 0. The van der Waals surface area contributed by atoms with Crippen LogP contribution in [-0.4, -0.2) is 36.9 Å². The second kappa shape index (κ2) is 5.02. The first-order valence-corrected chi connectivity index (χ1v) is 7.52. The van der Waals surface area contributed by atoms with Crippen molar-refractivity contribution in [1.29, 1.82) is 0 Å². The Morgan fingerprint density at radius 1 is 1.32 bits per heavy atom. The Morgan fingerprint density at radius 2 is 2.11 bits per heavy atom. The van der Waals surface area contributed by atoms with Crippen molar-refractivity contribution in [1.82, 2.24) is 16.0 Å². The molecule has 1 amide bonds. The fourth-order valence-corrected chi connectivity index (χ4v) is 4.26.